The number of halogens is 1. The van der Waals surface area contributed by atoms with Crippen LogP contribution in [-0.4, -0.2) is 15.0 Å². The standard InChI is InChI=1S/C13H10FN3OS/c1-7-8(2)19-12-11(7)13(18)17(16-15-12)10-5-3-9(14)4-6-10/h3-6H,1-2H3. The van der Waals surface area contributed by atoms with Crippen molar-refractivity contribution in [2.24, 2.45) is 0 Å². The minimum atomic E-state index is -0.353. The molecule has 3 rings (SSSR count). The van der Waals surface area contributed by atoms with E-state index in [9.17, 15) is 9.18 Å². The predicted octanol–water partition coefficient (Wildman–Crippen LogP) is 2.60. The average Bonchev–Trinajstić information content (AvgIpc) is 2.68. The zero-order chi connectivity index (χ0) is 13.6. The van der Waals surface area contributed by atoms with E-state index in [2.05, 4.69) is 10.3 Å². The number of rotatable bonds is 1. The first kappa shape index (κ1) is 12.0. The maximum Gasteiger partial charge on any atom is 0.283 e. The van der Waals surface area contributed by atoms with Crippen molar-refractivity contribution in [1.82, 2.24) is 15.0 Å². The number of hydrogen-bond acceptors (Lipinski definition) is 4. The van der Waals surface area contributed by atoms with Gasteiger partial charge < -0.3 is 0 Å². The Morgan fingerprint density at radius 2 is 1.89 bits per heavy atom. The third-order valence-corrected chi connectivity index (χ3v) is 4.16. The summed E-state index contributed by atoms with van der Waals surface area (Å²) in [5, 5.41) is 8.55. The molecule has 2 heterocycles. The molecule has 0 aliphatic heterocycles. The number of aryl methyl sites for hydroxylation is 2. The summed E-state index contributed by atoms with van der Waals surface area (Å²) in [4.78, 5) is 14.1. The van der Waals surface area contributed by atoms with E-state index in [1.807, 2.05) is 13.8 Å². The summed E-state index contributed by atoms with van der Waals surface area (Å²) < 4.78 is 14.1. The number of thiophene rings is 1. The van der Waals surface area contributed by atoms with Crippen LogP contribution < -0.4 is 5.56 Å². The van der Waals surface area contributed by atoms with E-state index in [0.29, 0.717) is 15.9 Å². The molecule has 0 amide bonds. The van der Waals surface area contributed by atoms with Gasteiger partial charge in [-0.25, -0.2) is 4.39 Å². The smallest absolute Gasteiger partial charge is 0.267 e. The molecule has 0 fully saturated rings. The lowest BCUT2D eigenvalue weighted by atomic mass is 10.2. The predicted molar refractivity (Wildman–Crippen MR) is 72.4 cm³/mol. The van der Waals surface area contributed by atoms with E-state index in [4.69, 9.17) is 0 Å². The first-order chi connectivity index (χ1) is 9.08. The van der Waals surface area contributed by atoms with Crippen molar-refractivity contribution in [1.29, 1.82) is 0 Å². The summed E-state index contributed by atoms with van der Waals surface area (Å²) in [6.45, 7) is 3.84. The number of nitrogens with zero attached hydrogens (tertiary/aromatic N) is 3. The van der Waals surface area contributed by atoms with Crippen LogP contribution in [0, 0.1) is 19.7 Å². The Hall–Kier alpha value is -2.08. The normalized spacial score (nSPS) is 11.1. The van der Waals surface area contributed by atoms with Gasteiger partial charge in [0.1, 0.15) is 5.82 Å². The number of benzene rings is 1. The molecule has 0 atom stereocenters. The summed E-state index contributed by atoms with van der Waals surface area (Å²) >= 11 is 1.45. The van der Waals surface area contributed by atoms with Crippen molar-refractivity contribution in [2.75, 3.05) is 0 Å². The average molecular weight is 275 g/mol. The van der Waals surface area contributed by atoms with Crippen molar-refractivity contribution in [2.45, 2.75) is 13.8 Å². The highest BCUT2D eigenvalue weighted by Gasteiger charge is 2.13. The zero-order valence-corrected chi connectivity index (χ0v) is 11.2. The van der Waals surface area contributed by atoms with E-state index < -0.39 is 0 Å². The van der Waals surface area contributed by atoms with Crippen LogP contribution in [0.1, 0.15) is 10.4 Å². The van der Waals surface area contributed by atoms with Gasteiger partial charge >= 0.3 is 0 Å². The maximum absolute atomic E-state index is 12.9. The zero-order valence-electron chi connectivity index (χ0n) is 10.3. The van der Waals surface area contributed by atoms with E-state index in [1.54, 1.807) is 0 Å². The summed E-state index contributed by atoms with van der Waals surface area (Å²) in [6, 6.07) is 5.59. The van der Waals surface area contributed by atoms with Crippen LogP contribution in [0.4, 0.5) is 4.39 Å². The van der Waals surface area contributed by atoms with Gasteiger partial charge in [0.2, 0.25) is 0 Å². The molecule has 0 saturated heterocycles. The summed E-state index contributed by atoms with van der Waals surface area (Å²) in [7, 11) is 0. The van der Waals surface area contributed by atoms with Crippen LogP contribution >= 0.6 is 11.3 Å². The Balaban J connectivity index is 2.31. The van der Waals surface area contributed by atoms with Crippen molar-refractivity contribution in [3.8, 4) is 5.69 Å². The fraction of sp³-hybridized carbons (Fsp3) is 0.154. The highest BCUT2D eigenvalue weighted by molar-refractivity contribution is 7.18. The second-order valence-electron chi connectivity index (χ2n) is 4.25. The molecule has 0 N–H and O–H groups in total. The second kappa shape index (κ2) is 4.24. The fourth-order valence-corrected chi connectivity index (χ4v) is 2.88. The Bertz CT molecular complexity index is 820. The third kappa shape index (κ3) is 1.84. The van der Waals surface area contributed by atoms with Gasteiger partial charge in [0.25, 0.3) is 5.56 Å². The van der Waals surface area contributed by atoms with E-state index in [-0.39, 0.29) is 11.4 Å². The van der Waals surface area contributed by atoms with Gasteiger partial charge in [-0.1, -0.05) is 5.21 Å². The topological polar surface area (TPSA) is 47.8 Å². The third-order valence-electron chi connectivity index (χ3n) is 3.07. The van der Waals surface area contributed by atoms with Crippen LogP contribution in [0.25, 0.3) is 15.9 Å². The van der Waals surface area contributed by atoms with Gasteiger partial charge in [-0.15, -0.1) is 16.4 Å². The molecule has 1 aromatic carbocycles. The molecule has 0 unspecified atom stereocenters. The number of hydrogen-bond donors (Lipinski definition) is 0. The SMILES string of the molecule is Cc1sc2nnn(-c3ccc(F)cc3)c(=O)c2c1C. The Kier molecular flexibility index (Phi) is 2.67. The second-order valence-corrected chi connectivity index (χ2v) is 5.45. The molecular weight excluding hydrogens is 265 g/mol. The van der Waals surface area contributed by atoms with E-state index in [0.717, 1.165) is 10.4 Å². The van der Waals surface area contributed by atoms with Gasteiger partial charge in [0.15, 0.2) is 4.83 Å². The van der Waals surface area contributed by atoms with Crippen LogP contribution in [0.2, 0.25) is 0 Å². The van der Waals surface area contributed by atoms with Gasteiger partial charge in [-0.05, 0) is 43.7 Å². The molecule has 0 aliphatic rings. The van der Waals surface area contributed by atoms with Gasteiger partial charge in [0.05, 0.1) is 11.1 Å². The molecule has 96 valence electrons. The van der Waals surface area contributed by atoms with Crippen LogP contribution in [0.3, 0.4) is 0 Å². The maximum atomic E-state index is 12.9. The summed E-state index contributed by atoms with van der Waals surface area (Å²) in [5.41, 5.74) is 1.21. The first-order valence-electron chi connectivity index (χ1n) is 5.69. The van der Waals surface area contributed by atoms with Gasteiger partial charge in [-0.2, -0.15) is 4.68 Å². The molecule has 6 heteroatoms. The highest BCUT2D eigenvalue weighted by Crippen LogP contribution is 2.25. The van der Waals surface area contributed by atoms with Crippen molar-refractivity contribution in [3.05, 3.63) is 50.9 Å². The Morgan fingerprint density at radius 1 is 1.21 bits per heavy atom. The molecule has 2 aromatic heterocycles. The van der Waals surface area contributed by atoms with Crippen LogP contribution in [0.5, 0.6) is 0 Å². The molecular formula is C13H10FN3OS. The largest absolute Gasteiger partial charge is 0.283 e. The molecule has 3 aromatic rings. The molecule has 0 aliphatic carbocycles. The van der Waals surface area contributed by atoms with Crippen molar-refractivity contribution in [3.63, 3.8) is 0 Å². The van der Waals surface area contributed by atoms with Gasteiger partial charge in [-0.3, -0.25) is 4.79 Å². The van der Waals surface area contributed by atoms with E-state index in [1.165, 1.54) is 40.3 Å². The molecule has 0 spiro atoms. The fourth-order valence-electron chi connectivity index (χ4n) is 1.91. The molecule has 4 nitrogen and oxygen atoms in total. The van der Waals surface area contributed by atoms with Crippen LogP contribution in [-0.2, 0) is 0 Å². The van der Waals surface area contributed by atoms with Crippen molar-refractivity contribution < 1.29 is 4.39 Å². The first-order valence-corrected chi connectivity index (χ1v) is 6.51. The molecule has 0 radical (unpaired) electrons. The lowest BCUT2D eigenvalue weighted by molar-refractivity contribution is 0.626. The molecule has 0 bridgehead atoms. The highest BCUT2D eigenvalue weighted by atomic mass is 32.1. The quantitative estimate of drug-likeness (QED) is 0.686. The van der Waals surface area contributed by atoms with Gasteiger partial charge in [0, 0.05) is 4.88 Å². The number of fused-ring (bicyclic) bond motifs is 1. The monoisotopic (exact) mass is 275 g/mol. The lowest BCUT2D eigenvalue weighted by Gasteiger charge is -2.03. The number of aromatic nitrogens is 3. The Labute approximate surface area is 112 Å². The Morgan fingerprint density at radius 3 is 2.58 bits per heavy atom. The minimum absolute atomic E-state index is 0.224. The summed E-state index contributed by atoms with van der Waals surface area (Å²) in [5.74, 6) is -0.353. The molecule has 19 heavy (non-hydrogen) atoms. The van der Waals surface area contributed by atoms with E-state index >= 15 is 0 Å². The minimum Gasteiger partial charge on any atom is -0.267 e. The van der Waals surface area contributed by atoms with Crippen molar-refractivity contribution >= 4 is 21.6 Å². The molecule has 0 saturated carbocycles. The van der Waals surface area contributed by atoms with Crippen LogP contribution in [0.15, 0.2) is 29.1 Å². The lowest BCUT2D eigenvalue weighted by Crippen LogP contribution is -2.22. The summed E-state index contributed by atoms with van der Waals surface area (Å²) in [6.07, 6.45) is 0.